The van der Waals surface area contributed by atoms with Crippen LogP contribution in [0.4, 0.5) is 0 Å². The highest BCUT2D eigenvalue weighted by Crippen LogP contribution is 2.26. The summed E-state index contributed by atoms with van der Waals surface area (Å²) in [6.45, 7) is 5.41. The minimum atomic E-state index is 0.476. The Morgan fingerprint density at radius 1 is 1.21 bits per heavy atom. The Balaban J connectivity index is 1.96. The molecule has 0 saturated heterocycles. The van der Waals surface area contributed by atoms with Gasteiger partial charge in [-0.15, -0.1) is 0 Å². The zero-order valence-corrected chi connectivity index (χ0v) is 9.93. The molecule has 0 aromatic rings. The van der Waals surface area contributed by atoms with Gasteiger partial charge in [0.1, 0.15) is 0 Å². The third-order valence-corrected chi connectivity index (χ3v) is 3.35. The fraction of sp³-hybridized carbons (Fsp3) is 1.00. The number of rotatable bonds is 6. The summed E-state index contributed by atoms with van der Waals surface area (Å²) < 4.78 is 5.79. The normalized spacial score (nSPS) is 21.0. The fourth-order valence-electron chi connectivity index (χ4n) is 2.40. The van der Waals surface area contributed by atoms with Gasteiger partial charge in [-0.25, -0.2) is 0 Å². The minimum absolute atomic E-state index is 0.476. The van der Waals surface area contributed by atoms with E-state index in [-0.39, 0.29) is 0 Å². The van der Waals surface area contributed by atoms with Crippen molar-refractivity contribution in [2.24, 2.45) is 5.92 Å². The van der Waals surface area contributed by atoms with Gasteiger partial charge in [-0.1, -0.05) is 45.4 Å². The van der Waals surface area contributed by atoms with Crippen LogP contribution >= 0.6 is 0 Å². The molecule has 1 saturated carbocycles. The van der Waals surface area contributed by atoms with E-state index in [1.807, 2.05) is 0 Å². The molecule has 0 N–H and O–H groups in total. The fourth-order valence-corrected chi connectivity index (χ4v) is 2.40. The van der Waals surface area contributed by atoms with E-state index in [4.69, 9.17) is 4.74 Å². The van der Waals surface area contributed by atoms with Crippen molar-refractivity contribution in [2.75, 3.05) is 6.61 Å². The summed E-state index contributed by atoms with van der Waals surface area (Å²) >= 11 is 0. The lowest BCUT2D eigenvalue weighted by atomic mass is 9.87. The van der Waals surface area contributed by atoms with Gasteiger partial charge in [0.05, 0.1) is 6.10 Å². The molecule has 14 heavy (non-hydrogen) atoms. The SMILES string of the molecule is CCCC(C)OCCC1CCCCC1. The van der Waals surface area contributed by atoms with Crippen LogP contribution in [0, 0.1) is 5.92 Å². The molecule has 1 rings (SSSR count). The second-order valence-corrected chi connectivity index (χ2v) is 4.76. The number of hydrogen-bond acceptors (Lipinski definition) is 1. The average molecular weight is 198 g/mol. The van der Waals surface area contributed by atoms with Crippen molar-refractivity contribution < 1.29 is 4.74 Å². The molecule has 1 fully saturated rings. The summed E-state index contributed by atoms with van der Waals surface area (Å²) in [4.78, 5) is 0. The molecule has 0 aromatic heterocycles. The van der Waals surface area contributed by atoms with Crippen LogP contribution in [0.5, 0.6) is 0 Å². The third-order valence-electron chi connectivity index (χ3n) is 3.35. The van der Waals surface area contributed by atoms with Crippen molar-refractivity contribution in [1.29, 1.82) is 0 Å². The van der Waals surface area contributed by atoms with Gasteiger partial charge in [-0.2, -0.15) is 0 Å². The number of ether oxygens (including phenoxy) is 1. The lowest BCUT2D eigenvalue weighted by Gasteiger charge is -2.22. The van der Waals surface area contributed by atoms with Crippen molar-refractivity contribution in [3.05, 3.63) is 0 Å². The van der Waals surface area contributed by atoms with E-state index < -0.39 is 0 Å². The molecule has 1 nitrogen and oxygen atoms in total. The second kappa shape index (κ2) is 7.28. The summed E-state index contributed by atoms with van der Waals surface area (Å²) in [5, 5.41) is 0. The molecule has 1 aliphatic carbocycles. The molecule has 84 valence electrons. The van der Waals surface area contributed by atoms with E-state index in [2.05, 4.69) is 13.8 Å². The molecule has 0 heterocycles. The Bertz CT molecular complexity index is 127. The lowest BCUT2D eigenvalue weighted by molar-refractivity contribution is 0.0477. The highest BCUT2D eigenvalue weighted by molar-refractivity contribution is 4.65. The standard InChI is InChI=1S/C13H26O/c1-3-7-12(2)14-11-10-13-8-5-4-6-9-13/h12-13H,3-11H2,1-2H3. The number of hydrogen-bond donors (Lipinski definition) is 0. The highest BCUT2D eigenvalue weighted by atomic mass is 16.5. The van der Waals surface area contributed by atoms with Gasteiger partial charge in [0.2, 0.25) is 0 Å². The van der Waals surface area contributed by atoms with Crippen LogP contribution in [0.3, 0.4) is 0 Å². The van der Waals surface area contributed by atoms with Gasteiger partial charge < -0.3 is 4.74 Å². The monoisotopic (exact) mass is 198 g/mol. The van der Waals surface area contributed by atoms with Crippen LogP contribution in [0.2, 0.25) is 0 Å². The van der Waals surface area contributed by atoms with Gasteiger partial charge in [0, 0.05) is 6.61 Å². The summed E-state index contributed by atoms with van der Waals surface area (Å²) in [6.07, 6.45) is 11.5. The highest BCUT2D eigenvalue weighted by Gasteiger charge is 2.13. The van der Waals surface area contributed by atoms with Crippen molar-refractivity contribution in [2.45, 2.75) is 71.3 Å². The first-order valence-electron chi connectivity index (χ1n) is 6.44. The summed E-state index contributed by atoms with van der Waals surface area (Å²) in [5.41, 5.74) is 0. The van der Waals surface area contributed by atoms with Crippen LogP contribution in [-0.4, -0.2) is 12.7 Å². The van der Waals surface area contributed by atoms with Gasteiger partial charge >= 0.3 is 0 Å². The molecule has 0 radical (unpaired) electrons. The zero-order valence-electron chi connectivity index (χ0n) is 9.93. The Kier molecular flexibility index (Phi) is 6.25. The van der Waals surface area contributed by atoms with Crippen LogP contribution < -0.4 is 0 Å². The first-order chi connectivity index (χ1) is 6.83. The van der Waals surface area contributed by atoms with E-state index in [0.29, 0.717) is 6.10 Å². The first kappa shape index (κ1) is 12.0. The van der Waals surface area contributed by atoms with Crippen LogP contribution in [-0.2, 0) is 4.74 Å². The molecule has 0 bridgehead atoms. The largest absolute Gasteiger partial charge is 0.379 e. The van der Waals surface area contributed by atoms with Gasteiger partial charge in [-0.05, 0) is 25.7 Å². The van der Waals surface area contributed by atoms with E-state index in [1.54, 1.807) is 0 Å². The Hall–Kier alpha value is -0.0400. The van der Waals surface area contributed by atoms with E-state index in [1.165, 1.54) is 51.4 Å². The molecule has 0 aliphatic heterocycles. The Morgan fingerprint density at radius 2 is 1.93 bits per heavy atom. The quantitative estimate of drug-likeness (QED) is 0.622. The zero-order chi connectivity index (χ0) is 10.2. The molecule has 0 spiro atoms. The summed E-state index contributed by atoms with van der Waals surface area (Å²) in [5.74, 6) is 0.970. The average Bonchev–Trinajstić information content (AvgIpc) is 2.20. The molecule has 1 unspecified atom stereocenters. The molecule has 0 aromatic carbocycles. The Morgan fingerprint density at radius 3 is 2.57 bits per heavy atom. The van der Waals surface area contributed by atoms with Gasteiger partial charge in [-0.3, -0.25) is 0 Å². The van der Waals surface area contributed by atoms with Gasteiger partial charge in [0.15, 0.2) is 0 Å². The topological polar surface area (TPSA) is 9.23 Å². The van der Waals surface area contributed by atoms with E-state index in [9.17, 15) is 0 Å². The second-order valence-electron chi connectivity index (χ2n) is 4.76. The lowest BCUT2D eigenvalue weighted by Crippen LogP contribution is -2.13. The van der Waals surface area contributed by atoms with E-state index >= 15 is 0 Å². The molecule has 0 amide bonds. The van der Waals surface area contributed by atoms with Crippen molar-refractivity contribution in [1.82, 2.24) is 0 Å². The molecular weight excluding hydrogens is 172 g/mol. The smallest absolute Gasteiger partial charge is 0.0546 e. The van der Waals surface area contributed by atoms with Crippen LogP contribution in [0.1, 0.15) is 65.2 Å². The molecular formula is C13H26O. The maximum Gasteiger partial charge on any atom is 0.0546 e. The minimum Gasteiger partial charge on any atom is -0.379 e. The summed E-state index contributed by atoms with van der Waals surface area (Å²) in [7, 11) is 0. The predicted molar refractivity (Wildman–Crippen MR) is 61.5 cm³/mol. The molecule has 1 heteroatoms. The van der Waals surface area contributed by atoms with E-state index in [0.717, 1.165) is 12.5 Å². The van der Waals surface area contributed by atoms with Crippen molar-refractivity contribution in [3.63, 3.8) is 0 Å². The maximum absolute atomic E-state index is 5.79. The first-order valence-corrected chi connectivity index (χ1v) is 6.44. The Labute approximate surface area is 89.2 Å². The predicted octanol–water partition coefficient (Wildman–Crippen LogP) is 4.16. The van der Waals surface area contributed by atoms with Crippen LogP contribution in [0.15, 0.2) is 0 Å². The summed E-state index contributed by atoms with van der Waals surface area (Å²) in [6, 6.07) is 0. The molecule has 1 atom stereocenters. The molecule has 1 aliphatic rings. The van der Waals surface area contributed by atoms with Crippen molar-refractivity contribution >= 4 is 0 Å². The van der Waals surface area contributed by atoms with Crippen molar-refractivity contribution in [3.8, 4) is 0 Å². The van der Waals surface area contributed by atoms with Crippen LogP contribution in [0.25, 0.3) is 0 Å². The third kappa shape index (κ3) is 4.99. The van der Waals surface area contributed by atoms with Gasteiger partial charge in [0.25, 0.3) is 0 Å². The maximum atomic E-state index is 5.79.